The van der Waals surface area contributed by atoms with E-state index >= 15 is 0 Å². The minimum absolute atomic E-state index is 0.270. The summed E-state index contributed by atoms with van der Waals surface area (Å²) in [7, 11) is 0. The molecule has 0 aliphatic carbocycles. The molecule has 0 radical (unpaired) electrons. The number of hydrogen-bond acceptors (Lipinski definition) is 3. The molecular formula is C25H22ClF3N2O2S. The lowest BCUT2D eigenvalue weighted by Gasteiger charge is -2.43. The van der Waals surface area contributed by atoms with Gasteiger partial charge < -0.3 is 9.80 Å². The van der Waals surface area contributed by atoms with Crippen molar-refractivity contribution in [2.75, 3.05) is 9.80 Å². The molecule has 9 heteroatoms. The Labute approximate surface area is 204 Å². The van der Waals surface area contributed by atoms with E-state index in [1.54, 1.807) is 30.3 Å². The van der Waals surface area contributed by atoms with Gasteiger partial charge in [-0.25, -0.2) is 0 Å². The second-order valence-corrected chi connectivity index (χ2v) is 10.0. The van der Waals surface area contributed by atoms with E-state index < -0.39 is 17.8 Å². The summed E-state index contributed by atoms with van der Waals surface area (Å²) in [6.07, 6.45) is -4.30. The van der Waals surface area contributed by atoms with Crippen LogP contribution in [0.5, 0.6) is 0 Å². The largest absolute Gasteiger partial charge is 0.416 e. The Morgan fingerprint density at radius 3 is 2.32 bits per heavy atom. The minimum atomic E-state index is -4.57. The van der Waals surface area contributed by atoms with Gasteiger partial charge in [0, 0.05) is 34.2 Å². The number of halogens is 4. The van der Waals surface area contributed by atoms with Crippen LogP contribution in [0.4, 0.5) is 24.5 Å². The summed E-state index contributed by atoms with van der Waals surface area (Å²) >= 11 is 7.33. The fraction of sp³-hybridized carbons (Fsp3) is 0.280. The number of benzene rings is 2. The van der Waals surface area contributed by atoms with Crippen LogP contribution < -0.4 is 9.80 Å². The lowest BCUT2D eigenvalue weighted by Crippen LogP contribution is -2.47. The van der Waals surface area contributed by atoms with Crippen molar-refractivity contribution in [1.29, 1.82) is 0 Å². The molecule has 178 valence electrons. The number of nitrogens with zero attached hydrogens (tertiary/aromatic N) is 2. The molecule has 34 heavy (non-hydrogen) atoms. The van der Waals surface area contributed by atoms with Crippen molar-refractivity contribution in [1.82, 2.24) is 0 Å². The zero-order chi connectivity index (χ0) is 24.8. The second-order valence-electron chi connectivity index (χ2n) is 8.32. The first-order valence-corrected chi connectivity index (χ1v) is 11.8. The van der Waals surface area contributed by atoms with Crippen LogP contribution in [-0.2, 0) is 11.0 Å². The molecule has 2 heterocycles. The molecule has 2 aromatic carbocycles. The van der Waals surface area contributed by atoms with Crippen LogP contribution in [-0.4, -0.2) is 17.9 Å². The molecule has 2 amide bonds. The highest BCUT2D eigenvalue weighted by atomic mass is 35.5. The van der Waals surface area contributed by atoms with Gasteiger partial charge >= 0.3 is 6.18 Å². The Morgan fingerprint density at radius 2 is 1.76 bits per heavy atom. The van der Waals surface area contributed by atoms with Gasteiger partial charge in [-0.1, -0.05) is 11.6 Å². The highest BCUT2D eigenvalue weighted by Gasteiger charge is 2.41. The number of amides is 2. The van der Waals surface area contributed by atoms with Gasteiger partial charge in [-0.2, -0.15) is 13.2 Å². The summed E-state index contributed by atoms with van der Waals surface area (Å²) in [5.41, 5.74) is 0.337. The smallest absolute Gasteiger partial charge is 0.305 e. The molecule has 1 aliphatic rings. The molecule has 4 rings (SSSR count). The Morgan fingerprint density at radius 1 is 1.09 bits per heavy atom. The maximum atomic E-state index is 13.6. The van der Waals surface area contributed by atoms with Gasteiger partial charge in [-0.05, 0) is 80.4 Å². The number of rotatable bonds is 3. The van der Waals surface area contributed by atoms with E-state index in [0.717, 1.165) is 17.0 Å². The first-order valence-electron chi connectivity index (χ1n) is 10.6. The fourth-order valence-electron chi connectivity index (χ4n) is 4.42. The highest BCUT2D eigenvalue weighted by Crippen LogP contribution is 2.45. The molecule has 0 bridgehead atoms. The molecule has 3 aromatic rings. The number of aryl methyl sites for hydroxylation is 1. The van der Waals surface area contributed by atoms with Crippen LogP contribution in [0.3, 0.4) is 0 Å². The zero-order valence-electron chi connectivity index (χ0n) is 18.7. The van der Waals surface area contributed by atoms with Crippen molar-refractivity contribution < 1.29 is 22.8 Å². The topological polar surface area (TPSA) is 40.6 Å². The summed E-state index contributed by atoms with van der Waals surface area (Å²) in [4.78, 5) is 30.6. The number of hydrogen-bond donors (Lipinski definition) is 0. The molecule has 0 spiro atoms. The van der Waals surface area contributed by atoms with Crippen LogP contribution >= 0.6 is 22.9 Å². The van der Waals surface area contributed by atoms with Crippen molar-refractivity contribution in [3.8, 4) is 0 Å². The van der Waals surface area contributed by atoms with Crippen molar-refractivity contribution in [3.63, 3.8) is 0 Å². The van der Waals surface area contributed by atoms with Gasteiger partial charge in [-0.3, -0.25) is 9.59 Å². The summed E-state index contributed by atoms with van der Waals surface area (Å²) in [5, 5.41) is 0.479. The Kier molecular flexibility index (Phi) is 6.48. The van der Waals surface area contributed by atoms with E-state index in [2.05, 4.69) is 0 Å². The quantitative estimate of drug-likeness (QED) is 0.375. The Balaban J connectivity index is 1.88. The van der Waals surface area contributed by atoms with Gasteiger partial charge in [0.25, 0.3) is 5.91 Å². The number of alkyl halides is 3. The molecule has 0 fully saturated rings. The first kappa shape index (κ1) is 24.3. The number of thiophene rings is 1. The van der Waals surface area contributed by atoms with E-state index in [1.165, 1.54) is 34.1 Å². The first-order chi connectivity index (χ1) is 16.0. The van der Waals surface area contributed by atoms with E-state index in [4.69, 9.17) is 11.6 Å². The summed E-state index contributed by atoms with van der Waals surface area (Å²) < 4.78 is 40.9. The summed E-state index contributed by atoms with van der Waals surface area (Å²) in [5.74, 6) is -0.595. The minimum Gasteiger partial charge on any atom is -0.305 e. The molecule has 4 nitrogen and oxygen atoms in total. The normalized spacial score (nSPS) is 17.9. The van der Waals surface area contributed by atoms with Gasteiger partial charge in [-0.15, -0.1) is 11.3 Å². The standard InChI is InChI=1S/C25H22ClF3N2O2S/c1-14-12-22(31(16(3)32)19-8-6-18(26)7-9-19)20-13-17(25(27,28)29)5-10-21(20)30(14)24(33)23-11-4-15(2)34-23/h4-11,13-14,22H,12H2,1-3H3/t14-,22+/m1/s1. The lowest BCUT2D eigenvalue weighted by atomic mass is 9.88. The lowest BCUT2D eigenvalue weighted by molar-refractivity contribution is -0.137. The monoisotopic (exact) mass is 506 g/mol. The van der Waals surface area contributed by atoms with E-state index in [-0.39, 0.29) is 29.8 Å². The Hall–Kier alpha value is -2.84. The van der Waals surface area contributed by atoms with Gasteiger partial charge in [0.2, 0.25) is 5.91 Å². The zero-order valence-corrected chi connectivity index (χ0v) is 20.3. The van der Waals surface area contributed by atoms with Gasteiger partial charge in [0.05, 0.1) is 16.5 Å². The maximum absolute atomic E-state index is 13.6. The molecule has 1 aromatic heterocycles. The SMILES string of the molecule is CC(=O)N(c1ccc(Cl)cc1)[C@H]1C[C@@H](C)N(C(=O)c2ccc(C)s2)c2ccc(C(F)(F)F)cc21. The number of fused-ring (bicyclic) bond motifs is 1. The average Bonchev–Trinajstić information content (AvgIpc) is 3.20. The van der Waals surface area contributed by atoms with Crippen LogP contribution in [0, 0.1) is 6.92 Å². The van der Waals surface area contributed by atoms with E-state index in [9.17, 15) is 22.8 Å². The average molecular weight is 507 g/mol. The Bertz CT molecular complexity index is 1240. The predicted molar refractivity (Wildman–Crippen MR) is 129 cm³/mol. The van der Waals surface area contributed by atoms with E-state index in [0.29, 0.717) is 21.3 Å². The van der Waals surface area contributed by atoms with Crippen molar-refractivity contribution in [3.05, 3.63) is 80.5 Å². The molecule has 0 saturated carbocycles. The van der Waals surface area contributed by atoms with Gasteiger partial charge in [0.1, 0.15) is 0 Å². The van der Waals surface area contributed by atoms with Crippen molar-refractivity contribution in [2.24, 2.45) is 0 Å². The maximum Gasteiger partial charge on any atom is 0.416 e. The summed E-state index contributed by atoms with van der Waals surface area (Å²) in [6.45, 7) is 5.10. The second kappa shape index (κ2) is 9.07. The van der Waals surface area contributed by atoms with Gasteiger partial charge in [0.15, 0.2) is 0 Å². The van der Waals surface area contributed by atoms with Crippen molar-refractivity contribution >= 4 is 46.1 Å². The predicted octanol–water partition coefficient (Wildman–Crippen LogP) is 7.26. The van der Waals surface area contributed by atoms with Crippen LogP contribution in [0.2, 0.25) is 5.02 Å². The van der Waals surface area contributed by atoms with Crippen LogP contribution in [0.1, 0.15) is 52.0 Å². The number of anilines is 2. The molecular weight excluding hydrogens is 485 g/mol. The van der Waals surface area contributed by atoms with Crippen LogP contribution in [0.25, 0.3) is 0 Å². The molecule has 1 aliphatic heterocycles. The van der Waals surface area contributed by atoms with Crippen LogP contribution in [0.15, 0.2) is 54.6 Å². The highest BCUT2D eigenvalue weighted by molar-refractivity contribution is 7.14. The third-order valence-electron chi connectivity index (χ3n) is 5.90. The number of carbonyl (C=O) groups excluding carboxylic acids is 2. The third kappa shape index (κ3) is 4.57. The number of carbonyl (C=O) groups is 2. The summed E-state index contributed by atoms with van der Waals surface area (Å²) in [6, 6.07) is 12.4. The van der Waals surface area contributed by atoms with E-state index in [1.807, 2.05) is 19.9 Å². The van der Waals surface area contributed by atoms with Crippen molar-refractivity contribution in [2.45, 2.75) is 45.5 Å². The molecule has 0 N–H and O–H groups in total. The molecule has 2 atom stereocenters. The third-order valence-corrected chi connectivity index (χ3v) is 7.14. The fourth-order valence-corrected chi connectivity index (χ4v) is 5.35. The molecule has 0 saturated heterocycles. The molecule has 0 unspecified atom stereocenters.